The maximum absolute atomic E-state index is 13.3. The second-order valence-corrected chi connectivity index (χ2v) is 9.51. The lowest BCUT2D eigenvalue weighted by molar-refractivity contribution is -0.117. The first-order valence-electron chi connectivity index (χ1n) is 10.2. The van der Waals surface area contributed by atoms with Crippen molar-refractivity contribution < 1.29 is 13.2 Å². The topological polar surface area (TPSA) is 66.5 Å². The first-order valence-corrected chi connectivity index (χ1v) is 12.1. The van der Waals surface area contributed by atoms with Crippen LogP contribution in [-0.2, 0) is 14.8 Å². The van der Waals surface area contributed by atoms with E-state index in [0.717, 1.165) is 28.5 Å². The van der Waals surface area contributed by atoms with Crippen molar-refractivity contribution in [1.82, 2.24) is 0 Å². The zero-order chi connectivity index (χ0) is 22.6. The molecule has 3 rings (SSSR count). The van der Waals surface area contributed by atoms with E-state index < -0.39 is 16.1 Å². The highest BCUT2D eigenvalue weighted by molar-refractivity contribution is 7.92. The Morgan fingerprint density at radius 2 is 1.58 bits per heavy atom. The number of anilines is 2. The van der Waals surface area contributed by atoms with Crippen LogP contribution in [0.25, 0.3) is 11.1 Å². The molecule has 1 atom stereocenters. The maximum Gasteiger partial charge on any atom is 0.248 e. The van der Waals surface area contributed by atoms with Crippen LogP contribution in [0, 0.1) is 13.8 Å². The highest BCUT2D eigenvalue weighted by atomic mass is 32.2. The second-order valence-electron chi connectivity index (χ2n) is 7.65. The molecular weight excluding hydrogens is 408 g/mol. The van der Waals surface area contributed by atoms with Crippen molar-refractivity contribution in [3.8, 4) is 11.1 Å². The predicted octanol–water partition coefficient (Wildman–Crippen LogP) is 5.15. The number of benzene rings is 3. The lowest BCUT2D eigenvalue weighted by Gasteiger charge is -2.30. The Morgan fingerprint density at radius 3 is 2.19 bits per heavy atom. The van der Waals surface area contributed by atoms with Gasteiger partial charge >= 0.3 is 0 Å². The van der Waals surface area contributed by atoms with Crippen LogP contribution in [-0.4, -0.2) is 26.6 Å². The van der Waals surface area contributed by atoms with E-state index in [-0.39, 0.29) is 5.91 Å². The first-order chi connectivity index (χ1) is 14.7. The molecule has 3 aromatic rings. The molecule has 0 unspecified atom stereocenters. The van der Waals surface area contributed by atoms with E-state index >= 15 is 0 Å². The van der Waals surface area contributed by atoms with E-state index in [1.54, 1.807) is 6.07 Å². The largest absolute Gasteiger partial charge is 0.324 e. The van der Waals surface area contributed by atoms with Gasteiger partial charge in [0, 0.05) is 11.3 Å². The van der Waals surface area contributed by atoms with Crippen LogP contribution >= 0.6 is 0 Å². The van der Waals surface area contributed by atoms with Gasteiger partial charge in [-0.1, -0.05) is 61.5 Å². The lowest BCUT2D eigenvalue weighted by Crippen LogP contribution is -2.47. The van der Waals surface area contributed by atoms with Crippen molar-refractivity contribution >= 4 is 27.3 Å². The summed E-state index contributed by atoms with van der Waals surface area (Å²) in [7, 11) is -3.69. The van der Waals surface area contributed by atoms with Crippen LogP contribution < -0.4 is 9.62 Å². The Balaban J connectivity index is 1.98. The van der Waals surface area contributed by atoms with Crippen LogP contribution in [0.2, 0.25) is 0 Å². The summed E-state index contributed by atoms with van der Waals surface area (Å²) in [5, 5.41) is 2.96. The van der Waals surface area contributed by atoms with Gasteiger partial charge in [-0.05, 0) is 55.2 Å². The fraction of sp³-hybridized carbons (Fsp3) is 0.240. The highest BCUT2D eigenvalue weighted by Crippen LogP contribution is 2.29. The minimum Gasteiger partial charge on any atom is -0.324 e. The number of para-hydroxylation sites is 1. The van der Waals surface area contributed by atoms with Crippen molar-refractivity contribution in [2.24, 2.45) is 0 Å². The average molecular weight is 437 g/mol. The van der Waals surface area contributed by atoms with E-state index in [1.165, 1.54) is 4.31 Å². The molecule has 0 aromatic heterocycles. The van der Waals surface area contributed by atoms with Crippen LogP contribution in [0.15, 0.2) is 72.8 Å². The third-order valence-electron chi connectivity index (χ3n) is 5.34. The van der Waals surface area contributed by atoms with Crippen LogP contribution in [0.4, 0.5) is 11.4 Å². The molecule has 6 heteroatoms. The quantitative estimate of drug-likeness (QED) is 0.557. The lowest BCUT2D eigenvalue weighted by atomic mass is 10.0. The van der Waals surface area contributed by atoms with Crippen molar-refractivity contribution in [1.29, 1.82) is 0 Å². The monoisotopic (exact) mass is 436 g/mol. The number of nitrogens with one attached hydrogen (secondary N) is 1. The molecule has 31 heavy (non-hydrogen) atoms. The molecule has 3 aromatic carbocycles. The number of nitrogens with zero attached hydrogens (tertiary/aromatic N) is 1. The summed E-state index contributed by atoms with van der Waals surface area (Å²) in [4.78, 5) is 13.3. The minimum atomic E-state index is -3.69. The van der Waals surface area contributed by atoms with Gasteiger partial charge in [0.25, 0.3) is 0 Å². The molecule has 0 aliphatic heterocycles. The predicted molar refractivity (Wildman–Crippen MR) is 128 cm³/mol. The highest BCUT2D eigenvalue weighted by Gasteiger charge is 2.32. The molecule has 0 saturated carbocycles. The van der Waals surface area contributed by atoms with E-state index in [9.17, 15) is 13.2 Å². The Labute approximate surface area is 184 Å². The van der Waals surface area contributed by atoms with Gasteiger partial charge in [-0.3, -0.25) is 9.10 Å². The third kappa shape index (κ3) is 5.14. The van der Waals surface area contributed by atoms with Gasteiger partial charge in [0.05, 0.1) is 11.9 Å². The Bertz CT molecular complexity index is 1170. The standard InChI is InChI=1S/C25H28N2O3S/c1-5-24(27(31(4,29)30)21-16-15-18(2)19(3)17-21)25(28)26-23-14-10-9-13-22(23)20-11-7-6-8-12-20/h6-17,24H,5H2,1-4H3,(H,26,28)/t24-/m1/s1. The molecule has 162 valence electrons. The number of aryl methyl sites for hydroxylation is 2. The first kappa shape index (κ1) is 22.6. The fourth-order valence-electron chi connectivity index (χ4n) is 3.60. The summed E-state index contributed by atoms with van der Waals surface area (Å²) in [6.45, 7) is 5.71. The van der Waals surface area contributed by atoms with Gasteiger partial charge in [0.15, 0.2) is 0 Å². The van der Waals surface area contributed by atoms with Crippen LogP contribution in [0.3, 0.4) is 0 Å². The Kier molecular flexibility index (Phi) is 6.81. The van der Waals surface area contributed by atoms with E-state index in [1.807, 2.05) is 87.5 Å². The van der Waals surface area contributed by atoms with E-state index in [2.05, 4.69) is 5.32 Å². The van der Waals surface area contributed by atoms with Gasteiger partial charge in [-0.25, -0.2) is 8.42 Å². The zero-order valence-electron chi connectivity index (χ0n) is 18.3. The number of hydrogen-bond donors (Lipinski definition) is 1. The molecule has 0 aliphatic rings. The minimum absolute atomic E-state index is 0.333. The molecule has 0 saturated heterocycles. The van der Waals surface area contributed by atoms with E-state index in [0.29, 0.717) is 17.8 Å². The van der Waals surface area contributed by atoms with Gasteiger partial charge in [-0.15, -0.1) is 0 Å². The number of rotatable bonds is 7. The summed E-state index contributed by atoms with van der Waals surface area (Å²) >= 11 is 0. The molecule has 5 nitrogen and oxygen atoms in total. The van der Waals surface area contributed by atoms with Crippen LogP contribution in [0.5, 0.6) is 0 Å². The summed E-state index contributed by atoms with van der Waals surface area (Å²) < 4.78 is 26.7. The van der Waals surface area contributed by atoms with Crippen molar-refractivity contribution in [2.45, 2.75) is 33.2 Å². The summed E-state index contributed by atoms with van der Waals surface area (Å²) in [5.74, 6) is -0.366. The summed E-state index contributed by atoms with van der Waals surface area (Å²) in [6.07, 6.45) is 1.47. The molecular formula is C25H28N2O3S. The average Bonchev–Trinajstić information content (AvgIpc) is 2.74. The number of hydrogen-bond acceptors (Lipinski definition) is 3. The van der Waals surface area contributed by atoms with E-state index in [4.69, 9.17) is 0 Å². The molecule has 0 heterocycles. The fourth-order valence-corrected chi connectivity index (χ4v) is 4.80. The van der Waals surface area contributed by atoms with Gasteiger partial charge in [0.2, 0.25) is 15.9 Å². The number of carbonyl (C=O) groups excluding carboxylic acids is 1. The second kappa shape index (κ2) is 9.35. The zero-order valence-corrected chi connectivity index (χ0v) is 19.1. The molecule has 0 fully saturated rings. The maximum atomic E-state index is 13.3. The summed E-state index contributed by atoms with van der Waals surface area (Å²) in [6, 6.07) is 21.8. The summed E-state index contributed by atoms with van der Waals surface area (Å²) in [5.41, 5.74) is 5.01. The molecule has 0 bridgehead atoms. The van der Waals surface area contributed by atoms with Gasteiger partial charge in [-0.2, -0.15) is 0 Å². The molecule has 0 radical (unpaired) electrons. The normalized spacial score (nSPS) is 12.3. The third-order valence-corrected chi connectivity index (χ3v) is 6.52. The molecule has 0 aliphatic carbocycles. The Morgan fingerprint density at radius 1 is 0.935 bits per heavy atom. The van der Waals surface area contributed by atoms with Crippen molar-refractivity contribution in [2.75, 3.05) is 15.9 Å². The SMILES string of the molecule is CC[C@H](C(=O)Nc1ccccc1-c1ccccc1)N(c1ccc(C)c(C)c1)S(C)(=O)=O. The van der Waals surface area contributed by atoms with Gasteiger partial charge in [0.1, 0.15) is 6.04 Å². The number of carbonyl (C=O) groups is 1. The molecule has 1 amide bonds. The smallest absolute Gasteiger partial charge is 0.248 e. The van der Waals surface area contributed by atoms with Crippen molar-refractivity contribution in [3.63, 3.8) is 0 Å². The Hall–Kier alpha value is -3.12. The van der Waals surface area contributed by atoms with Crippen molar-refractivity contribution in [3.05, 3.63) is 83.9 Å². The number of amides is 1. The number of sulfonamides is 1. The van der Waals surface area contributed by atoms with Gasteiger partial charge < -0.3 is 5.32 Å². The molecule has 0 spiro atoms. The van der Waals surface area contributed by atoms with Crippen LogP contribution in [0.1, 0.15) is 24.5 Å². The molecule has 1 N–H and O–H groups in total.